The molecule has 1 amide bonds. The van der Waals surface area contributed by atoms with Crippen molar-refractivity contribution >= 4 is 5.91 Å². The largest absolute Gasteiger partial charge is 0.501 e. The highest BCUT2D eigenvalue weighted by atomic mass is 16.5. The van der Waals surface area contributed by atoms with Crippen molar-refractivity contribution in [2.45, 2.75) is 26.2 Å². The van der Waals surface area contributed by atoms with E-state index in [0.29, 0.717) is 6.42 Å². The van der Waals surface area contributed by atoms with Gasteiger partial charge in [0.15, 0.2) is 0 Å². The number of amides is 1. The molecule has 0 radical (unpaired) electrons. The molecule has 0 saturated heterocycles. The second-order valence-corrected chi connectivity index (χ2v) is 3.47. The van der Waals surface area contributed by atoms with Gasteiger partial charge in [-0.3, -0.25) is 4.79 Å². The Labute approximate surface area is 84.6 Å². The molecule has 0 aromatic rings. The van der Waals surface area contributed by atoms with Gasteiger partial charge in [0.1, 0.15) is 0 Å². The van der Waals surface area contributed by atoms with Crippen molar-refractivity contribution in [2.24, 2.45) is 11.7 Å². The highest BCUT2D eigenvalue weighted by Crippen LogP contribution is 2.26. The smallest absolute Gasteiger partial charge is 0.224 e. The van der Waals surface area contributed by atoms with E-state index in [1.54, 1.807) is 7.11 Å². The van der Waals surface area contributed by atoms with Crippen LogP contribution in [0, 0.1) is 5.92 Å². The molecule has 1 aliphatic rings. The molecule has 78 valence electrons. The minimum atomic E-state index is -0.286. The van der Waals surface area contributed by atoms with Crippen LogP contribution in [0.1, 0.15) is 26.2 Å². The Hall–Kier alpha value is -1.25. The maximum absolute atomic E-state index is 11.0. The first-order valence-electron chi connectivity index (χ1n) is 4.92. The molecule has 0 heterocycles. The van der Waals surface area contributed by atoms with Crippen molar-refractivity contribution < 1.29 is 9.53 Å². The number of ether oxygens (including phenoxy) is 1. The van der Waals surface area contributed by atoms with Crippen molar-refractivity contribution in [3.63, 3.8) is 0 Å². The van der Waals surface area contributed by atoms with Crippen LogP contribution in [0.4, 0.5) is 0 Å². The van der Waals surface area contributed by atoms with Crippen molar-refractivity contribution in [3.05, 3.63) is 23.5 Å². The van der Waals surface area contributed by atoms with E-state index >= 15 is 0 Å². The van der Waals surface area contributed by atoms with Gasteiger partial charge < -0.3 is 10.5 Å². The lowest BCUT2D eigenvalue weighted by atomic mass is 9.92. The summed E-state index contributed by atoms with van der Waals surface area (Å²) < 4.78 is 5.26. The van der Waals surface area contributed by atoms with E-state index in [1.807, 2.05) is 12.2 Å². The van der Waals surface area contributed by atoms with Crippen molar-refractivity contribution in [1.82, 2.24) is 0 Å². The summed E-state index contributed by atoms with van der Waals surface area (Å²) in [7, 11) is 1.64. The average molecular weight is 195 g/mol. The van der Waals surface area contributed by atoms with Gasteiger partial charge in [0.2, 0.25) is 5.91 Å². The molecule has 2 N–H and O–H groups in total. The van der Waals surface area contributed by atoms with Crippen LogP contribution in [-0.4, -0.2) is 13.0 Å². The zero-order chi connectivity index (χ0) is 10.6. The number of hydrogen-bond acceptors (Lipinski definition) is 2. The number of carbonyl (C=O) groups excluding carboxylic acids is 1. The minimum absolute atomic E-state index is 0.203. The molecule has 0 aromatic heterocycles. The topological polar surface area (TPSA) is 52.3 Å². The van der Waals surface area contributed by atoms with Crippen LogP contribution < -0.4 is 5.73 Å². The molecule has 0 aliphatic heterocycles. The van der Waals surface area contributed by atoms with Gasteiger partial charge in [0.25, 0.3) is 0 Å². The summed E-state index contributed by atoms with van der Waals surface area (Å²) in [5.74, 6) is 0.412. The van der Waals surface area contributed by atoms with Crippen molar-refractivity contribution in [3.8, 4) is 0 Å². The third-order valence-electron chi connectivity index (χ3n) is 2.42. The normalized spacial score (nSPS) is 21.1. The first-order valence-corrected chi connectivity index (χ1v) is 4.92. The highest BCUT2D eigenvalue weighted by molar-refractivity contribution is 5.79. The van der Waals surface area contributed by atoms with Crippen LogP contribution in [0.3, 0.4) is 0 Å². The lowest BCUT2D eigenvalue weighted by Gasteiger charge is -2.19. The fourth-order valence-corrected chi connectivity index (χ4v) is 1.63. The third-order valence-corrected chi connectivity index (χ3v) is 2.42. The van der Waals surface area contributed by atoms with Crippen molar-refractivity contribution in [2.75, 3.05) is 7.11 Å². The molecule has 1 unspecified atom stereocenters. The standard InChI is InChI=1S/C11H17NO2/c1-3-4-8-5-6-9(11(12)13)7-10(8)14-2/h5-6,9H,3-4,7H2,1-2H3,(H2,12,13). The van der Waals surface area contributed by atoms with Gasteiger partial charge in [-0.05, 0) is 12.0 Å². The van der Waals surface area contributed by atoms with E-state index in [2.05, 4.69) is 6.92 Å². The number of nitrogens with two attached hydrogens (primary N) is 1. The Morgan fingerprint density at radius 3 is 2.93 bits per heavy atom. The molecular formula is C11H17NO2. The maximum atomic E-state index is 11.0. The van der Waals surface area contributed by atoms with Crippen LogP contribution in [0.15, 0.2) is 23.5 Å². The number of hydrogen-bond donors (Lipinski definition) is 1. The van der Waals surface area contributed by atoms with Crippen LogP contribution in [0.5, 0.6) is 0 Å². The molecule has 14 heavy (non-hydrogen) atoms. The first kappa shape index (κ1) is 10.8. The summed E-state index contributed by atoms with van der Waals surface area (Å²) >= 11 is 0. The molecule has 0 aromatic carbocycles. The zero-order valence-corrected chi connectivity index (χ0v) is 8.75. The summed E-state index contributed by atoms with van der Waals surface area (Å²) in [5.41, 5.74) is 6.42. The van der Waals surface area contributed by atoms with Crippen LogP contribution in [-0.2, 0) is 9.53 Å². The van der Waals surface area contributed by atoms with E-state index < -0.39 is 0 Å². The molecule has 3 heteroatoms. The second kappa shape index (κ2) is 4.84. The van der Waals surface area contributed by atoms with Gasteiger partial charge >= 0.3 is 0 Å². The minimum Gasteiger partial charge on any atom is -0.501 e. The van der Waals surface area contributed by atoms with Gasteiger partial charge in [-0.2, -0.15) is 0 Å². The van der Waals surface area contributed by atoms with Crippen molar-refractivity contribution in [1.29, 1.82) is 0 Å². The van der Waals surface area contributed by atoms with E-state index in [9.17, 15) is 4.79 Å². The summed E-state index contributed by atoms with van der Waals surface area (Å²) in [6.45, 7) is 2.12. The first-order chi connectivity index (χ1) is 6.69. The Bertz CT molecular complexity index is 279. The molecule has 0 saturated carbocycles. The predicted octanol–water partition coefficient (Wildman–Crippen LogP) is 1.75. The summed E-state index contributed by atoms with van der Waals surface area (Å²) in [6, 6.07) is 0. The van der Waals surface area contributed by atoms with Gasteiger partial charge in [-0.25, -0.2) is 0 Å². The number of methoxy groups -OCH3 is 1. The van der Waals surface area contributed by atoms with Gasteiger partial charge in [0, 0.05) is 6.42 Å². The Morgan fingerprint density at radius 1 is 1.71 bits per heavy atom. The maximum Gasteiger partial charge on any atom is 0.224 e. The lowest BCUT2D eigenvalue weighted by molar-refractivity contribution is -0.120. The fourth-order valence-electron chi connectivity index (χ4n) is 1.63. The monoisotopic (exact) mass is 195 g/mol. The highest BCUT2D eigenvalue weighted by Gasteiger charge is 2.20. The third kappa shape index (κ3) is 2.37. The van der Waals surface area contributed by atoms with Gasteiger partial charge in [-0.1, -0.05) is 25.5 Å². The number of carbonyl (C=O) groups is 1. The SMILES string of the molecule is CCCC1=C(OC)CC(C(N)=O)C=C1. The molecular weight excluding hydrogens is 178 g/mol. The second-order valence-electron chi connectivity index (χ2n) is 3.47. The molecule has 0 bridgehead atoms. The van der Waals surface area contributed by atoms with Gasteiger partial charge in [0.05, 0.1) is 18.8 Å². The lowest BCUT2D eigenvalue weighted by Crippen LogP contribution is -2.24. The molecule has 0 fully saturated rings. The van der Waals surface area contributed by atoms with E-state index in [4.69, 9.17) is 10.5 Å². The Balaban J connectivity index is 2.76. The molecule has 1 aliphatic carbocycles. The van der Waals surface area contributed by atoms with E-state index in [-0.39, 0.29) is 11.8 Å². The number of allylic oxidation sites excluding steroid dienone is 3. The quantitative estimate of drug-likeness (QED) is 0.743. The molecule has 1 atom stereocenters. The van der Waals surface area contributed by atoms with Crippen LogP contribution in [0.2, 0.25) is 0 Å². The zero-order valence-electron chi connectivity index (χ0n) is 8.75. The average Bonchev–Trinajstić information content (AvgIpc) is 2.18. The number of rotatable bonds is 4. The van der Waals surface area contributed by atoms with Gasteiger partial charge in [-0.15, -0.1) is 0 Å². The Morgan fingerprint density at radius 2 is 2.43 bits per heavy atom. The predicted molar refractivity (Wildman–Crippen MR) is 55.4 cm³/mol. The summed E-state index contributed by atoms with van der Waals surface area (Å²) in [5, 5.41) is 0. The number of primary amides is 1. The molecule has 0 spiro atoms. The summed E-state index contributed by atoms with van der Waals surface area (Å²) in [4.78, 5) is 11.0. The van der Waals surface area contributed by atoms with E-state index in [0.717, 1.165) is 18.6 Å². The van der Waals surface area contributed by atoms with Crippen LogP contribution in [0.25, 0.3) is 0 Å². The summed E-state index contributed by atoms with van der Waals surface area (Å²) in [6.07, 6.45) is 6.51. The fraction of sp³-hybridized carbons (Fsp3) is 0.545. The molecule has 1 rings (SSSR count). The molecule has 3 nitrogen and oxygen atoms in total. The van der Waals surface area contributed by atoms with E-state index in [1.165, 1.54) is 5.57 Å². The Kier molecular flexibility index (Phi) is 3.74. The van der Waals surface area contributed by atoms with Crippen LogP contribution >= 0.6 is 0 Å².